The van der Waals surface area contributed by atoms with E-state index in [-0.39, 0.29) is 0 Å². The van der Waals surface area contributed by atoms with Crippen LogP contribution in [0.25, 0.3) is 11.3 Å². The molecule has 6 heteroatoms. The van der Waals surface area contributed by atoms with E-state index in [9.17, 15) is 0 Å². The zero-order valence-electron chi connectivity index (χ0n) is 8.33. The lowest BCUT2D eigenvalue weighted by Crippen LogP contribution is -1.87. The van der Waals surface area contributed by atoms with Crippen molar-refractivity contribution in [2.75, 3.05) is 12.8 Å². The van der Waals surface area contributed by atoms with Gasteiger partial charge < -0.3 is 15.0 Å². The smallest absolute Gasteiger partial charge is 0.170 e. The molecule has 0 unspecified atom stereocenters. The van der Waals surface area contributed by atoms with Gasteiger partial charge in [0.25, 0.3) is 0 Å². The molecule has 0 saturated heterocycles. The number of nitrogens with zero attached hydrogens (tertiary/aromatic N) is 1. The Morgan fingerprint density at radius 2 is 2.19 bits per heavy atom. The first-order valence-electron chi connectivity index (χ1n) is 4.37. The molecule has 0 aliphatic heterocycles. The summed E-state index contributed by atoms with van der Waals surface area (Å²) in [5.41, 5.74) is 6.23. The topological polar surface area (TPSA) is 61.3 Å². The fourth-order valence-corrected chi connectivity index (χ4v) is 2.10. The highest BCUT2D eigenvalue weighted by atomic mass is 79.9. The molecule has 1 aromatic heterocycles. The van der Waals surface area contributed by atoms with Crippen LogP contribution in [0.2, 0.25) is 5.02 Å². The highest BCUT2D eigenvalue weighted by Gasteiger charge is 2.14. The minimum absolute atomic E-state index is 0.320. The van der Waals surface area contributed by atoms with Crippen LogP contribution >= 0.6 is 27.5 Å². The fraction of sp³-hybridized carbons (Fsp3) is 0.100. The predicted octanol–water partition coefficient (Wildman–Crippen LogP) is 3.35. The Balaban J connectivity index is 2.60. The largest absolute Gasteiger partial charge is 0.495 e. The van der Waals surface area contributed by atoms with Gasteiger partial charge in [-0.3, -0.25) is 0 Å². The summed E-state index contributed by atoms with van der Waals surface area (Å²) in [6.45, 7) is 0. The number of anilines is 1. The van der Waals surface area contributed by atoms with Crippen molar-refractivity contribution in [3.05, 3.63) is 27.7 Å². The van der Waals surface area contributed by atoms with Gasteiger partial charge in [0.05, 0.1) is 11.6 Å². The second-order valence-electron chi connectivity index (χ2n) is 3.09. The van der Waals surface area contributed by atoms with Crippen LogP contribution in [0, 0.1) is 0 Å². The lowest BCUT2D eigenvalue weighted by molar-refractivity contribution is 0.411. The number of nitrogens with two attached hydrogens (primary N) is 1. The summed E-state index contributed by atoms with van der Waals surface area (Å²) in [7, 11) is 1.56. The van der Waals surface area contributed by atoms with Gasteiger partial charge in [0, 0.05) is 16.7 Å². The number of ether oxygens (including phenoxy) is 1. The zero-order valence-corrected chi connectivity index (χ0v) is 10.7. The molecule has 0 saturated carbocycles. The van der Waals surface area contributed by atoms with Crippen LogP contribution in [-0.2, 0) is 0 Å². The van der Waals surface area contributed by atoms with Crippen molar-refractivity contribution in [2.24, 2.45) is 0 Å². The minimum Gasteiger partial charge on any atom is -0.495 e. The number of halogens is 2. The van der Waals surface area contributed by atoms with Gasteiger partial charge in [0.2, 0.25) is 0 Å². The van der Waals surface area contributed by atoms with Crippen molar-refractivity contribution in [3.63, 3.8) is 0 Å². The third-order valence-corrected chi connectivity index (χ3v) is 3.05. The van der Waals surface area contributed by atoms with Gasteiger partial charge in [0.15, 0.2) is 11.6 Å². The van der Waals surface area contributed by atoms with Gasteiger partial charge >= 0.3 is 0 Å². The van der Waals surface area contributed by atoms with Gasteiger partial charge in [-0.05, 0) is 28.1 Å². The first-order valence-corrected chi connectivity index (χ1v) is 5.54. The number of hydrogen-bond acceptors (Lipinski definition) is 4. The fourth-order valence-electron chi connectivity index (χ4n) is 1.31. The molecule has 16 heavy (non-hydrogen) atoms. The highest BCUT2D eigenvalue weighted by molar-refractivity contribution is 9.10. The minimum atomic E-state index is 0.320. The Hall–Kier alpha value is -1.20. The van der Waals surface area contributed by atoms with E-state index < -0.39 is 0 Å². The van der Waals surface area contributed by atoms with Crippen molar-refractivity contribution in [3.8, 4) is 17.1 Å². The average Bonchev–Trinajstić information content (AvgIpc) is 2.67. The van der Waals surface area contributed by atoms with Crippen LogP contribution in [0.3, 0.4) is 0 Å². The summed E-state index contributed by atoms with van der Waals surface area (Å²) < 4.78 is 11.0. The maximum atomic E-state index is 5.96. The molecule has 2 N–H and O–H groups in total. The summed E-state index contributed by atoms with van der Waals surface area (Å²) in [5, 5.41) is 4.16. The van der Waals surface area contributed by atoms with E-state index in [0.717, 1.165) is 10.0 Å². The maximum Gasteiger partial charge on any atom is 0.170 e. The van der Waals surface area contributed by atoms with Crippen LogP contribution in [0.4, 0.5) is 5.82 Å². The zero-order chi connectivity index (χ0) is 11.7. The van der Waals surface area contributed by atoms with Crippen molar-refractivity contribution >= 4 is 33.3 Å². The normalized spacial score (nSPS) is 10.4. The maximum absolute atomic E-state index is 5.96. The quantitative estimate of drug-likeness (QED) is 0.924. The molecule has 84 valence electrons. The van der Waals surface area contributed by atoms with Crippen molar-refractivity contribution < 1.29 is 9.26 Å². The van der Waals surface area contributed by atoms with Crippen LogP contribution in [0.5, 0.6) is 5.75 Å². The van der Waals surface area contributed by atoms with Crippen molar-refractivity contribution in [2.45, 2.75) is 0 Å². The molecular weight excluding hydrogens is 295 g/mol. The predicted molar refractivity (Wildman–Crippen MR) is 65.6 cm³/mol. The molecule has 0 radical (unpaired) electrons. The molecule has 2 aromatic rings. The molecule has 0 atom stereocenters. The summed E-state index contributed by atoms with van der Waals surface area (Å²) in [5.74, 6) is 1.48. The second-order valence-corrected chi connectivity index (χ2v) is 4.32. The van der Waals surface area contributed by atoms with E-state index in [1.165, 1.54) is 0 Å². The number of methoxy groups -OCH3 is 1. The van der Waals surface area contributed by atoms with E-state index in [0.29, 0.717) is 22.4 Å². The van der Waals surface area contributed by atoms with E-state index >= 15 is 0 Å². The summed E-state index contributed by atoms with van der Waals surface area (Å²) >= 11 is 9.37. The highest BCUT2D eigenvalue weighted by Crippen LogP contribution is 2.38. The lowest BCUT2D eigenvalue weighted by Gasteiger charge is -2.07. The Labute approximate surface area is 105 Å². The summed E-state index contributed by atoms with van der Waals surface area (Å²) in [6.07, 6.45) is 0. The number of benzene rings is 1. The summed E-state index contributed by atoms with van der Waals surface area (Å²) in [4.78, 5) is 0. The van der Waals surface area contributed by atoms with Gasteiger partial charge in [-0.2, -0.15) is 0 Å². The third kappa shape index (κ3) is 2.01. The van der Waals surface area contributed by atoms with Gasteiger partial charge in [0.1, 0.15) is 5.75 Å². The molecule has 0 amide bonds. The van der Waals surface area contributed by atoms with Crippen molar-refractivity contribution in [1.29, 1.82) is 0 Å². The number of rotatable bonds is 2. The number of aromatic nitrogens is 1. The van der Waals surface area contributed by atoms with Gasteiger partial charge in [-0.25, -0.2) is 0 Å². The first kappa shape index (κ1) is 11.3. The van der Waals surface area contributed by atoms with Crippen LogP contribution in [0.1, 0.15) is 0 Å². The average molecular weight is 304 g/mol. The Kier molecular flexibility index (Phi) is 3.07. The standard InChI is InChI=1S/C10H8BrClN2O2/c1-15-8-3-5(12)2-6(10(8)11)7-4-9(13)14-16-7/h2-4H,1H3,(H2,13,14). The van der Waals surface area contributed by atoms with Gasteiger partial charge in [-0.1, -0.05) is 16.8 Å². The molecule has 0 aliphatic carbocycles. The Morgan fingerprint density at radius 3 is 2.75 bits per heavy atom. The third-order valence-electron chi connectivity index (χ3n) is 2.02. The molecular formula is C10H8BrClN2O2. The number of nitrogen functional groups attached to an aromatic ring is 1. The molecule has 0 fully saturated rings. The Bertz CT molecular complexity index is 528. The van der Waals surface area contributed by atoms with E-state index in [1.807, 2.05) is 0 Å². The molecule has 1 aromatic carbocycles. The summed E-state index contributed by atoms with van der Waals surface area (Å²) in [6, 6.07) is 5.07. The van der Waals surface area contributed by atoms with Gasteiger partial charge in [-0.15, -0.1) is 0 Å². The molecule has 0 bridgehead atoms. The molecule has 0 spiro atoms. The van der Waals surface area contributed by atoms with E-state index in [4.69, 9.17) is 26.6 Å². The molecule has 4 nitrogen and oxygen atoms in total. The first-order chi connectivity index (χ1) is 7.61. The lowest BCUT2D eigenvalue weighted by atomic mass is 10.1. The molecule has 0 aliphatic rings. The van der Waals surface area contributed by atoms with Crippen LogP contribution < -0.4 is 10.5 Å². The van der Waals surface area contributed by atoms with Crippen molar-refractivity contribution in [1.82, 2.24) is 5.16 Å². The molecule has 1 heterocycles. The monoisotopic (exact) mass is 302 g/mol. The molecule has 2 rings (SSSR count). The SMILES string of the molecule is COc1cc(Cl)cc(-c2cc(N)no2)c1Br. The number of hydrogen-bond donors (Lipinski definition) is 1. The Morgan fingerprint density at radius 1 is 1.44 bits per heavy atom. The van der Waals surface area contributed by atoms with E-state index in [1.54, 1.807) is 25.3 Å². The van der Waals surface area contributed by atoms with Crippen LogP contribution in [0.15, 0.2) is 27.2 Å². The second kappa shape index (κ2) is 4.35. The van der Waals surface area contributed by atoms with Crippen LogP contribution in [-0.4, -0.2) is 12.3 Å². The van der Waals surface area contributed by atoms with E-state index in [2.05, 4.69) is 21.1 Å².